The number of allylic oxidation sites excluding steroid dienone is 3. The number of aromatic amines is 2. The first kappa shape index (κ1) is 36.2. The molecule has 0 bridgehead atoms. The number of H-pyrrole nitrogens is 2. The molecule has 3 aromatic heterocycles. The number of carbonyl (C=O) groups is 2. The van der Waals surface area contributed by atoms with Crippen molar-refractivity contribution in [2.24, 2.45) is 0 Å². The highest BCUT2D eigenvalue weighted by Gasteiger charge is 2.17. The predicted molar refractivity (Wildman–Crippen MR) is 167 cm³/mol. The minimum atomic E-state index is -0.307. The van der Waals surface area contributed by atoms with Crippen molar-refractivity contribution in [3.8, 4) is 11.4 Å². The normalized spacial score (nSPS) is 10.5. The Hall–Kier alpha value is -3.82. The quantitative estimate of drug-likeness (QED) is 0.174. The summed E-state index contributed by atoms with van der Waals surface area (Å²) < 4.78 is 0. The molecular weight excluding hydrogens is 528 g/mol. The van der Waals surface area contributed by atoms with E-state index in [4.69, 9.17) is 11.6 Å². The Morgan fingerprint density at radius 2 is 1.70 bits per heavy atom. The van der Waals surface area contributed by atoms with Gasteiger partial charge in [-0.3, -0.25) is 19.4 Å². The number of rotatable bonds is 8. The van der Waals surface area contributed by atoms with Gasteiger partial charge in [0.05, 0.1) is 16.7 Å². The summed E-state index contributed by atoms with van der Waals surface area (Å²) in [7, 11) is 1.93. The molecule has 0 aliphatic heterocycles. The summed E-state index contributed by atoms with van der Waals surface area (Å²) in [5.74, 6) is -0.125. The lowest BCUT2D eigenvalue weighted by atomic mass is 10.1. The van der Waals surface area contributed by atoms with E-state index >= 15 is 0 Å². The number of likely N-dealkylation sites (N-methyl/N-ethyl adjacent to an activating group) is 1. The summed E-state index contributed by atoms with van der Waals surface area (Å²) in [6, 6.07) is 0. The van der Waals surface area contributed by atoms with Crippen LogP contribution in [-0.4, -0.2) is 63.2 Å². The molecule has 0 radical (unpaired) electrons. The molecule has 0 aliphatic rings. The van der Waals surface area contributed by atoms with Crippen LogP contribution in [0.5, 0.6) is 0 Å². The maximum atomic E-state index is 11.9. The summed E-state index contributed by atoms with van der Waals surface area (Å²) in [6.45, 7) is 19.9. The minimum Gasteiger partial charge on any atom is -0.359 e. The van der Waals surface area contributed by atoms with Crippen LogP contribution in [0.25, 0.3) is 22.3 Å². The SMILES string of the molecule is C/C=C\C(=C/C)C(=O)N(CC)CC.C=CC(=O)c1c[nH]c2c(-c3c[nH]c(=O)cn3)ncc(Cl)c12.CC.CCNC. The van der Waals surface area contributed by atoms with Crippen molar-refractivity contribution < 1.29 is 9.59 Å². The molecule has 3 rings (SSSR count). The van der Waals surface area contributed by atoms with Crippen molar-refractivity contribution in [3.63, 3.8) is 0 Å². The second-order valence-electron chi connectivity index (χ2n) is 7.70. The maximum absolute atomic E-state index is 11.9. The van der Waals surface area contributed by atoms with Crippen LogP contribution in [-0.2, 0) is 4.79 Å². The van der Waals surface area contributed by atoms with Crippen molar-refractivity contribution in [1.82, 2.24) is 30.2 Å². The lowest BCUT2D eigenvalue weighted by Gasteiger charge is -2.18. The number of hydrogen-bond acceptors (Lipinski definition) is 6. The first-order valence-corrected chi connectivity index (χ1v) is 13.7. The lowest BCUT2D eigenvalue weighted by Crippen LogP contribution is -2.31. The second-order valence-corrected chi connectivity index (χ2v) is 8.11. The van der Waals surface area contributed by atoms with E-state index < -0.39 is 0 Å². The Balaban J connectivity index is 0.000000688. The molecule has 10 heteroatoms. The maximum Gasteiger partial charge on any atom is 0.266 e. The van der Waals surface area contributed by atoms with Crippen LogP contribution in [0.2, 0.25) is 5.02 Å². The molecule has 0 aliphatic carbocycles. The molecule has 0 unspecified atom stereocenters. The monoisotopic (exact) mass is 570 g/mol. The average Bonchev–Trinajstić information content (AvgIpc) is 3.44. The van der Waals surface area contributed by atoms with E-state index in [1.807, 2.05) is 71.7 Å². The molecule has 0 aromatic carbocycles. The van der Waals surface area contributed by atoms with Crippen LogP contribution in [0.1, 0.15) is 58.8 Å². The molecule has 0 saturated heterocycles. The molecule has 3 heterocycles. The number of aromatic nitrogens is 4. The molecule has 3 N–H and O–H groups in total. The Morgan fingerprint density at radius 1 is 1.07 bits per heavy atom. The Labute approximate surface area is 242 Å². The number of carbonyl (C=O) groups excluding carboxylic acids is 2. The number of ketones is 1. The fourth-order valence-electron chi connectivity index (χ4n) is 3.24. The number of fused-ring (bicyclic) bond motifs is 1. The Morgan fingerprint density at radius 3 is 2.15 bits per heavy atom. The largest absolute Gasteiger partial charge is 0.359 e. The summed E-state index contributed by atoms with van der Waals surface area (Å²) in [4.78, 5) is 50.2. The van der Waals surface area contributed by atoms with Crippen molar-refractivity contribution in [2.45, 2.75) is 48.5 Å². The highest BCUT2D eigenvalue weighted by molar-refractivity contribution is 6.37. The van der Waals surface area contributed by atoms with Gasteiger partial charge in [-0.2, -0.15) is 0 Å². The third-order valence-electron chi connectivity index (χ3n) is 5.34. The summed E-state index contributed by atoms with van der Waals surface area (Å²) >= 11 is 6.14. The molecule has 0 fully saturated rings. The number of halogens is 1. The third kappa shape index (κ3) is 10.4. The predicted octanol–water partition coefficient (Wildman–Crippen LogP) is 5.96. The lowest BCUT2D eigenvalue weighted by molar-refractivity contribution is -0.126. The van der Waals surface area contributed by atoms with Gasteiger partial charge in [-0.25, -0.2) is 4.98 Å². The smallest absolute Gasteiger partial charge is 0.266 e. The highest BCUT2D eigenvalue weighted by atomic mass is 35.5. The third-order valence-corrected chi connectivity index (χ3v) is 5.62. The fraction of sp³-hybridized carbons (Fsp3) is 0.367. The standard InChI is InChI=1S/C14H9ClN4O2.C11H19NO.C3H9N.C2H6/c1-2-10(20)7-3-18-14-12(7)8(15)4-19-13(14)9-5-17-11(21)6-16-9;1-5-9-10(6-2)11(13)12(7-3)8-4;1-3-4-2;1-2/h2-6,18H,1H2,(H,17,21);5-6,9H,7-8H2,1-4H3;4H,3H2,1-2H3;1-2H3/b;9-5-,10-6+;;. The van der Waals surface area contributed by atoms with Gasteiger partial charge in [-0.1, -0.05) is 57.2 Å². The van der Waals surface area contributed by atoms with Gasteiger partial charge < -0.3 is 20.2 Å². The van der Waals surface area contributed by atoms with Gasteiger partial charge in [0.15, 0.2) is 5.78 Å². The van der Waals surface area contributed by atoms with Gasteiger partial charge in [-0.05, 0) is 47.4 Å². The van der Waals surface area contributed by atoms with Gasteiger partial charge in [0.1, 0.15) is 11.4 Å². The number of pyridine rings is 1. The minimum absolute atomic E-state index is 0.116. The van der Waals surface area contributed by atoms with E-state index in [0.717, 1.165) is 31.4 Å². The molecule has 218 valence electrons. The van der Waals surface area contributed by atoms with Crippen molar-refractivity contribution in [2.75, 3.05) is 26.7 Å². The van der Waals surface area contributed by atoms with Gasteiger partial charge in [0.2, 0.25) is 0 Å². The van der Waals surface area contributed by atoms with Gasteiger partial charge in [0.25, 0.3) is 11.5 Å². The number of hydrogen-bond donors (Lipinski definition) is 3. The van der Waals surface area contributed by atoms with Crippen LogP contribution in [0.4, 0.5) is 0 Å². The van der Waals surface area contributed by atoms with E-state index in [9.17, 15) is 14.4 Å². The van der Waals surface area contributed by atoms with Crippen LogP contribution in [0.3, 0.4) is 0 Å². The molecular formula is C30H43ClN6O3. The summed E-state index contributed by atoms with van der Waals surface area (Å²) in [6.07, 6.45) is 12.4. The zero-order valence-electron chi connectivity index (χ0n) is 24.9. The zero-order valence-corrected chi connectivity index (χ0v) is 25.6. The molecule has 0 saturated carbocycles. The van der Waals surface area contributed by atoms with Crippen LogP contribution in [0, 0.1) is 0 Å². The van der Waals surface area contributed by atoms with Gasteiger partial charge in [-0.15, -0.1) is 0 Å². The number of nitrogens with one attached hydrogen (secondary N) is 3. The molecule has 0 atom stereocenters. The van der Waals surface area contributed by atoms with Gasteiger partial charge >= 0.3 is 0 Å². The fourth-order valence-corrected chi connectivity index (χ4v) is 3.49. The average molecular weight is 571 g/mol. The topological polar surface area (TPSA) is 124 Å². The Kier molecular flexibility index (Phi) is 18.2. The van der Waals surface area contributed by atoms with E-state index in [1.54, 1.807) is 6.20 Å². The van der Waals surface area contributed by atoms with Crippen molar-refractivity contribution in [3.05, 3.63) is 82.2 Å². The summed E-state index contributed by atoms with van der Waals surface area (Å²) in [5.41, 5.74) is 2.42. The molecule has 0 spiro atoms. The first-order chi connectivity index (χ1) is 19.2. The summed E-state index contributed by atoms with van der Waals surface area (Å²) in [5, 5.41) is 3.84. The molecule has 40 heavy (non-hydrogen) atoms. The first-order valence-electron chi connectivity index (χ1n) is 13.3. The van der Waals surface area contributed by atoms with Crippen LogP contribution in [0.15, 0.2) is 66.0 Å². The van der Waals surface area contributed by atoms with E-state index in [1.165, 1.54) is 18.5 Å². The van der Waals surface area contributed by atoms with E-state index in [-0.39, 0.29) is 17.2 Å². The highest BCUT2D eigenvalue weighted by Crippen LogP contribution is 2.32. The van der Waals surface area contributed by atoms with Crippen LogP contribution < -0.4 is 10.9 Å². The zero-order chi connectivity index (χ0) is 30.7. The van der Waals surface area contributed by atoms with Crippen LogP contribution >= 0.6 is 11.6 Å². The molecule has 1 amide bonds. The van der Waals surface area contributed by atoms with E-state index in [2.05, 4.69) is 38.8 Å². The van der Waals surface area contributed by atoms with Gasteiger partial charge in [0, 0.05) is 48.2 Å². The van der Waals surface area contributed by atoms with E-state index in [0.29, 0.717) is 32.9 Å². The Bertz CT molecular complexity index is 1310. The van der Waals surface area contributed by atoms with Crippen molar-refractivity contribution >= 4 is 34.2 Å². The van der Waals surface area contributed by atoms with Crippen molar-refractivity contribution in [1.29, 1.82) is 0 Å². The molecule has 3 aromatic rings. The number of amides is 1. The number of nitrogens with zero attached hydrogens (tertiary/aromatic N) is 3. The molecule has 9 nitrogen and oxygen atoms in total. The second kappa shape index (κ2) is 20.1.